The van der Waals surface area contributed by atoms with E-state index < -0.39 is 0 Å². The summed E-state index contributed by atoms with van der Waals surface area (Å²) >= 11 is 8.68. The van der Waals surface area contributed by atoms with Crippen LogP contribution >= 0.6 is 43.2 Å². The average Bonchev–Trinajstić information content (AvgIpc) is 2.75. The van der Waals surface area contributed by atoms with E-state index in [-0.39, 0.29) is 0 Å². The van der Waals surface area contributed by atoms with Gasteiger partial charge in [0.05, 0.1) is 22.8 Å². The van der Waals surface area contributed by atoms with E-state index in [0.717, 1.165) is 39.0 Å². The molecule has 1 heterocycles. The predicted octanol–water partition coefficient (Wildman–Crippen LogP) is 4.27. The number of thiazole rings is 1. The van der Waals surface area contributed by atoms with Crippen LogP contribution in [0.25, 0.3) is 0 Å². The molecule has 0 aliphatic rings. The minimum atomic E-state index is 0.749. The molecule has 3 nitrogen and oxygen atoms in total. The van der Waals surface area contributed by atoms with Crippen LogP contribution < -0.4 is 10.1 Å². The van der Waals surface area contributed by atoms with E-state index in [1.54, 1.807) is 18.4 Å². The SMILES string of the molecule is COc1c(Br)cc(Br)cc1CNCc1scnc1C. The predicted molar refractivity (Wildman–Crippen MR) is 85.8 cm³/mol. The van der Waals surface area contributed by atoms with Gasteiger partial charge >= 0.3 is 0 Å². The summed E-state index contributed by atoms with van der Waals surface area (Å²) in [5.74, 6) is 0.872. The van der Waals surface area contributed by atoms with Gasteiger partial charge in [-0.05, 0) is 35.0 Å². The standard InChI is InChI=1S/C13H14Br2N2OS/c1-8-12(19-7-17-8)6-16-5-9-3-10(14)4-11(15)13(9)18-2/h3-4,7,16H,5-6H2,1-2H3. The number of hydrogen-bond donors (Lipinski definition) is 1. The zero-order valence-electron chi connectivity index (χ0n) is 10.7. The summed E-state index contributed by atoms with van der Waals surface area (Å²) in [4.78, 5) is 5.51. The smallest absolute Gasteiger partial charge is 0.137 e. The Balaban J connectivity index is 2.05. The molecule has 2 rings (SSSR count). The molecule has 0 bridgehead atoms. The van der Waals surface area contributed by atoms with Crippen molar-refractivity contribution in [3.63, 3.8) is 0 Å². The van der Waals surface area contributed by atoms with Crippen LogP contribution in [0.3, 0.4) is 0 Å². The highest BCUT2D eigenvalue weighted by molar-refractivity contribution is 9.11. The maximum Gasteiger partial charge on any atom is 0.137 e. The number of aryl methyl sites for hydroxylation is 1. The molecule has 0 aliphatic carbocycles. The van der Waals surface area contributed by atoms with E-state index in [1.165, 1.54) is 4.88 Å². The highest BCUT2D eigenvalue weighted by Crippen LogP contribution is 2.32. The van der Waals surface area contributed by atoms with Gasteiger partial charge in [0.25, 0.3) is 0 Å². The lowest BCUT2D eigenvalue weighted by molar-refractivity contribution is 0.405. The fourth-order valence-corrected chi connectivity index (χ4v) is 4.00. The lowest BCUT2D eigenvalue weighted by Crippen LogP contribution is -2.13. The molecule has 0 saturated heterocycles. The lowest BCUT2D eigenvalue weighted by Gasteiger charge is -2.12. The number of aromatic nitrogens is 1. The van der Waals surface area contributed by atoms with Crippen molar-refractivity contribution in [2.45, 2.75) is 20.0 Å². The molecule has 1 N–H and O–H groups in total. The van der Waals surface area contributed by atoms with Gasteiger partial charge in [-0.3, -0.25) is 0 Å². The normalized spacial score (nSPS) is 10.7. The van der Waals surface area contributed by atoms with Gasteiger partial charge in [-0.15, -0.1) is 11.3 Å². The van der Waals surface area contributed by atoms with Crippen molar-refractivity contribution < 1.29 is 4.74 Å². The fourth-order valence-electron chi connectivity index (χ4n) is 1.78. The highest BCUT2D eigenvalue weighted by Gasteiger charge is 2.09. The van der Waals surface area contributed by atoms with E-state index in [0.29, 0.717) is 0 Å². The maximum absolute atomic E-state index is 5.43. The van der Waals surface area contributed by atoms with Gasteiger partial charge in [0.2, 0.25) is 0 Å². The number of rotatable bonds is 5. The quantitative estimate of drug-likeness (QED) is 0.806. The summed E-state index contributed by atoms with van der Waals surface area (Å²) in [5, 5.41) is 3.42. The van der Waals surface area contributed by atoms with Crippen molar-refractivity contribution in [3.8, 4) is 5.75 Å². The third kappa shape index (κ3) is 3.78. The number of benzene rings is 1. The topological polar surface area (TPSA) is 34.1 Å². The van der Waals surface area contributed by atoms with Crippen LogP contribution in [0.4, 0.5) is 0 Å². The van der Waals surface area contributed by atoms with Crippen LogP contribution in [0.15, 0.2) is 26.6 Å². The molecule has 0 unspecified atom stereocenters. The zero-order chi connectivity index (χ0) is 13.8. The Kier molecular flexibility index (Phi) is 5.38. The molecule has 0 spiro atoms. The molecule has 0 atom stereocenters. The first-order valence-electron chi connectivity index (χ1n) is 5.73. The van der Waals surface area contributed by atoms with E-state index in [1.807, 2.05) is 18.5 Å². The molecular formula is C13H14Br2N2OS. The van der Waals surface area contributed by atoms with Gasteiger partial charge in [-0.1, -0.05) is 15.9 Å². The molecule has 0 amide bonds. The number of nitrogens with one attached hydrogen (secondary N) is 1. The molecule has 0 saturated carbocycles. The Morgan fingerprint density at radius 2 is 2.11 bits per heavy atom. The van der Waals surface area contributed by atoms with Gasteiger partial charge in [-0.2, -0.15) is 0 Å². The molecule has 0 aliphatic heterocycles. The van der Waals surface area contributed by atoms with Crippen molar-refractivity contribution in [1.82, 2.24) is 10.3 Å². The van der Waals surface area contributed by atoms with Crippen molar-refractivity contribution in [3.05, 3.63) is 42.7 Å². The third-order valence-corrected chi connectivity index (χ3v) is 4.72. The van der Waals surface area contributed by atoms with Gasteiger partial charge in [-0.25, -0.2) is 4.98 Å². The second-order valence-corrected chi connectivity index (χ2v) is 6.75. The Labute approximate surface area is 133 Å². The van der Waals surface area contributed by atoms with E-state index in [4.69, 9.17) is 4.74 Å². The second-order valence-electron chi connectivity index (χ2n) is 4.04. The molecule has 19 heavy (non-hydrogen) atoms. The Morgan fingerprint density at radius 1 is 1.32 bits per heavy atom. The van der Waals surface area contributed by atoms with Crippen LogP contribution in [0.1, 0.15) is 16.1 Å². The number of ether oxygens (including phenoxy) is 1. The lowest BCUT2D eigenvalue weighted by atomic mass is 10.2. The van der Waals surface area contributed by atoms with Crippen LogP contribution in [-0.4, -0.2) is 12.1 Å². The van der Waals surface area contributed by atoms with Gasteiger partial charge < -0.3 is 10.1 Å². The highest BCUT2D eigenvalue weighted by atomic mass is 79.9. The molecule has 0 radical (unpaired) electrons. The summed E-state index contributed by atoms with van der Waals surface area (Å²) in [6, 6.07) is 4.05. The minimum absolute atomic E-state index is 0.749. The molecule has 0 fully saturated rings. The van der Waals surface area contributed by atoms with Gasteiger partial charge in [0, 0.05) is 28.0 Å². The molecule has 6 heteroatoms. The zero-order valence-corrected chi connectivity index (χ0v) is 14.7. The minimum Gasteiger partial charge on any atom is -0.495 e. The van der Waals surface area contributed by atoms with Crippen molar-refractivity contribution in [2.75, 3.05) is 7.11 Å². The summed E-state index contributed by atoms with van der Waals surface area (Å²) < 4.78 is 7.41. The number of nitrogens with zero attached hydrogens (tertiary/aromatic N) is 1. The average molecular weight is 406 g/mol. The van der Waals surface area contributed by atoms with Gasteiger partial charge in [0.15, 0.2) is 0 Å². The first-order chi connectivity index (χ1) is 9.11. The van der Waals surface area contributed by atoms with Crippen molar-refractivity contribution in [1.29, 1.82) is 0 Å². The van der Waals surface area contributed by atoms with Crippen LogP contribution in [0.5, 0.6) is 5.75 Å². The van der Waals surface area contributed by atoms with Crippen molar-refractivity contribution >= 4 is 43.2 Å². The first kappa shape index (κ1) is 15.0. The Hall–Kier alpha value is -0.430. The molecule has 2 aromatic rings. The van der Waals surface area contributed by atoms with E-state index >= 15 is 0 Å². The van der Waals surface area contributed by atoms with Crippen molar-refractivity contribution in [2.24, 2.45) is 0 Å². The number of hydrogen-bond acceptors (Lipinski definition) is 4. The van der Waals surface area contributed by atoms with Crippen LogP contribution in [0.2, 0.25) is 0 Å². The second kappa shape index (κ2) is 6.83. The summed E-state index contributed by atoms with van der Waals surface area (Å²) in [5.41, 5.74) is 4.09. The molecular weight excluding hydrogens is 392 g/mol. The maximum atomic E-state index is 5.43. The van der Waals surface area contributed by atoms with Crippen LogP contribution in [0, 0.1) is 6.92 Å². The fraction of sp³-hybridized carbons (Fsp3) is 0.308. The monoisotopic (exact) mass is 404 g/mol. The summed E-state index contributed by atoms with van der Waals surface area (Å²) in [6.45, 7) is 3.60. The van der Waals surface area contributed by atoms with E-state index in [2.05, 4.69) is 48.2 Å². The Morgan fingerprint density at radius 3 is 2.74 bits per heavy atom. The number of methoxy groups -OCH3 is 1. The first-order valence-corrected chi connectivity index (χ1v) is 8.20. The van der Waals surface area contributed by atoms with Crippen LogP contribution in [-0.2, 0) is 13.1 Å². The summed E-state index contributed by atoms with van der Waals surface area (Å²) in [6.07, 6.45) is 0. The molecule has 1 aromatic heterocycles. The van der Waals surface area contributed by atoms with E-state index in [9.17, 15) is 0 Å². The molecule has 102 valence electrons. The molecule has 1 aromatic carbocycles. The van der Waals surface area contributed by atoms with Gasteiger partial charge in [0.1, 0.15) is 5.75 Å². The summed E-state index contributed by atoms with van der Waals surface area (Å²) in [7, 11) is 1.69. The number of halogens is 2. The Bertz CT molecular complexity index is 572. The largest absolute Gasteiger partial charge is 0.495 e. The third-order valence-electron chi connectivity index (χ3n) is 2.74.